The third-order valence-electron chi connectivity index (χ3n) is 6.27. The summed E-state index contributed by atoms with van der Waals surface area (Å²) < 4.78 is 64.3. The van der Waals surface area contributed by atoms with E-state index in [4.69, 9.17) is 0 Å². The van der Waals surface area contributed by atoms with Crippen LogP contribution in [0.15, 0.2) is 47.4 Å². The summed E-state index contributed by atoms with van der Waals surface area (Å²) in [5, 5.41) is 12.0. The van der Waals surface area contributed by atoms with Crippen LogP contribution in [0, 0.1) is 0 Å². The Morgan fingerprint density at radius 1 is 1.09 bits per heavy atom. The van der Waals surface area contributed by atoms with Crippen molar-refractivity contribution < 1.29 is 36.3 Å². The standard InChI is InChI=1S/C23H23F3N2O5S/c1-13(29)28-12-14-11-18(34(32,33)17-7-8-17)9-10-19(14)20(28)21(30)27-16-5-3-15(4-6-16)22(2,31)23(24,25)26/h3-6,9-11,17,20,31H,7-8,12H2,1-2H3,(H,27,30). The predicted molar refractivity (Wildman–Crippen MR) is 116 cm³/mol. The van der Waals surface area contributed by atoms with Crippen LogP contribution in [-0.4, -0.2) is 41.7 Å². The number of rotatable bonds is 5. The van der Waals surface area contributed by atoms with E-state index < -0.39 is 38.8 Å². The number of nitrogens with zero attached hydrogens (tertiary/aromatic N) is 1. The molecule has 1 aliphatic heterocycles. The average molecular weight is 497 g/mol. The van der Waals surface area contributed by atoms with Gasteiger partial charge in [0.25, 0.3) is 5.91 Å². The van der Waals surface area contributed by atoms with Crippen molar-refractivity contribution in [3.05, 3.63) is 59.2 Å². The van der Waals surface area contributed by atoms with E-state index in [0.29, 0.717) is 30.9 Å². The Kier molecular flexibility index (Phi) is 5.76. The molecule has 182 valence electrons. The molecule has 0 radical (unpaired) electrons. The molecule has 0 saturated heterocycles. The monoisotopic (exact) mass is 496 g/mol. The smallest absolute Gasteiger partial charge is 0.376 e. The van der Waals surface area contributed by atoms with Crippen LogP contribution < -0.4 is 5.32 Å². The van der Waals surface area contributed by atoms with Crippen molar-refractivity contribution in [2.24, 2.45) is 0 Å². The fraction of sp³-hybridized carbons (Fsp3) is 0.391. The molecule has 2 unspecified atom stereocenters. The summed E-state index contributed by atoms with van der Waals surface area (Å²) in [4.78, 5) is 26.8. The van der Waals surface area contributed by atoms with Crippen LogP contribution in [-0.2, 0) is 31.6 Å². The van der Waals surface area contributed by atoms with Crippen LogP contribution in [0.3, 0.4) is 0 Å². The second-order valence-corrected chi connectivity index (χ2v) is 11.0. The van der Waals surface area contributed by atoms with E-state index in [0.717, 1.165) is 12.1 Å². The first-order valence-corrected chi connectivity index (χ1v) is 12.1. The van der Waals surface area contributed by atoms with E-state index in [2.05, 4.69) is 5.32 Å². The molecule has 2 aliphatic rings. The number of nitrogens with one attached hydrogen (secondary N) is 1. The summed E-state index contributed by atoms with van der Waals surface area (Å²) in [7, 11) is -3.44. The summed E-state index contributed by atoms with van der Waals surface area (Å²) in [6.45, 7) is 1.99. The van der Waals surface area contributed by atoms with Gasteiger partial charge in [-0.05, 0) is 60.7 Å². The fourth-order valence-electron chi connectivity index (χ4n) is 4.00. The maximum Gasteiger partial charge on any atom is 0.421 e. The maximum atomic E-state index is 13.1. The van der Waals surface area contributed by atoms with Crippen molar-refractivity contribution >= 4 is 27.3 Å². The van der Waals surface area contributed by atoms with Crippen LogP contribution in [0.25, 0.3) is 0 Å². The molecule has 1 aliphatic carbocycles. The lowest BCUT2D eigenvalue weighted by Crippen LogP contribution is -2.39. The molecule has 0 spiro atoms. The van der Waals surface area contributed by atoms with Crippen LogP contribution in [0.5, 0.6) is 0 Å². The van der Waals surface area contributed by atoms with Crippen LogP contribution >= 0.6 is 0 Å². The molecule has 0 aromatic heterocycles. The number of hydrogen-bond acceptors (Lipinski definition) is 5. The maximum absolute atomic E-state index is 13.1. The van der Waals surface area contributed by atoms with E-state index in [-0.39, 0.29) is 28.6 Å². The van der Waals surface area contributed by atoms with Crippen LogP contribution in [0.1, 0.15) is 49.4 Å². The molecule has 7 nitrogen and oxygen atoms in total. The Hall–Kier alpha value is -2.92. The zero-order valence-corrected chi connectivity index (χ0v) is 19.2. The normalized spacial score (nSPS) is 19.9. The van der Waals surface area contributed by atoms with Gasteiger partial charge in [-0.3, -0.25) is 9.59 Å². The average Bonchev–Trinajstić information content (AvgIpc) is 3.53. The fourth-order valence-corrected chi connectivity index (χ4v) is 5.71. The summed E-state index contributed by atoms with van der Waals surface area (Å²) in [6, 6.07) is 8.02. The summed E-state index contributed by atoms with van der Waals surface area (Å²) in [5.41, 5.74) is -2.23. The van der Waals surface area contributed by atoms with Crippen LogP contribution in [0.4, 0.5) is 18.9 Å². The van der Waals surface area contributed by atoms with Gasteiger partial charge in [0, 0.05) is 19.2 Å². The number of benzene rings is 2. The van der Waals surface area contributed by atoms with Crippen molar-refractivity contribution in [2.45, 2.75) is 61.2 Å². The first-order chi connectivity index (χ1) is 15.7. The minimum absolute atomic E-state index is 0.0597. The second-order valence-electron chi connectivity index (χ2n) is 8.79. The number of amides is 2. The molecule has 11 heteroatoms. The van der Waals surface area contributed by atoms with E-state index in [1.165, 1.54) is 42.2 Å². The lowest BCUT2D eigenvalue weighted by molar-refractivity contribution is -0.258. The van der Waals surface area contributed by atoms with E-state index in [1.807, 2.05) is 0 Å². The Morgan fingerprint density at radius 3 is 2.24 bits per heavy atom. The Balaban J connectivity index is 1.59. The molecule has 34 heavy (non-hydrogen) atoms. The molecule has 4 rings (SSSR count). The van der Waals surface area contributed by atoms with Crippen molar-refractivity contribution in [3.8, 4) is 0 Å². The zero-order chi connectivity index (χ0) is 25.1. The third kappa shape index (κ3) is 4.18. The molecular formula is C23H23F3N2O5S. The zero-order valence-electron chi connectivity index (χ0n) is 18.4. The Bertz CT molecular complexity index is 1250. The first kappa shape index (κ1) is 24.2. The van der Waals surface area contributed by atoms with Gasteiger partial charge in [0.2, 0.25) is 5.91 Å². The van der Waals surface area contributed by atoms with Crippen molar-refractivity contribution in [2.75, 3.05) is 5.32 Å². The summed E-state index contributed by atoms with van der Waals surface area (Å²) in [6.07, 6.45) is -3.65. The Labute approximate surface area is 194 Å². The van der Waals surface area contributed by atoms with E-state index in [1.54, 1.807) is 0 Å². The first-order valence-electron chi connectivity index (χ1n) is 10.6. The highest BCUT2D eigenvalue weighted by Gasteiger charge is 2.51. The molecule has 1 fully saturated rings. The van der Waals surface area contributed by atoms with E-state index in [9.17, 15) is 36.3 Å². The predicted octanol–water partition coefficient (Wildman–Crippen LogP) is 3.43. The van der Waals surface area contributed by atoms with Crippen molar-refractivity contribution in [1.29, 1.82) is 0 Å². The molecule has 2 aromatic rings. The largest absolute Gasteiger partial charge is 0.421 e. The molecule has 2 atom stereocenters. The van der Waals surface area contributed by atoms with Gasteiger partial charge >= 0.3 is 6.18 Å². The number of carbonyl (C=O) groups excluding carboxylic acids is 2. The van der Waals surface area contributed by atoms with Gasteiger partial charge in [0.05, 0.1) is 10.1 Å². The van der Waals surface area contributed by atoms with Crippen molar-refractivity contribution in [3.63, 3.8) is 0 Å². The van der Waals surface area contributed by atoms with Gasteiger partial charge in [-0.25, -0.2) is 8.42 Å². The molecule has 0 bridgehead atoms. The SMILES string of the molecule is CC(=O)N1Cc2cc(S(=O)(=O)C3CC3)ccc2C1C(=O)Nc1ccc(C(C)(O)C(F)(F)F)cc1. The number of aliphatic hydroxyl groups is 1. The van der Waals surface area contributed by atoms with Gasteiger partial charge in [-0.2, -0.15) is 13.2 Å². The van der Waals surface area contributed by atoms with Gasteiger partial charge in [-0.15, -0.1) is 0 Å². The van der Waals surface area contributed by atoms with E-state index >= 15 is 0 Å². The molecule has 1 heterocycles. The second kappa shape index (κ2) is 8.09. The summed E-state index contributed by atoms with van der Waals surface area (Å²) >= 11 is 0. The minimum Gasteiger partial charge on any atom is -0.376 e. The van der Waals surface area contributed by atoms with Gasteiger partial charge in [-0.1, -0.05) is 18.2 Å². The number of halogens is 3. The Morgan fingerprint density at radius 2 is 1.71 bits per heavy atom. The molecule has 2 amide bonds. The minimum atomic E-state index is -4.88. The van der Waals surface area contributed by atoms with Crippen LogP contribution in [0.2, 0.25) is 0 Å². The molecular weight excluding hydrogens is 473 g/mol. The number of hydrogen-bond donors (Lipinski definition) is 2. The van der Waals surface area contributed by atoms with Gasteiger partial charge in [0.1, 0.15) is 6.04 Å². The highest BCUT2D eigenvalue weighted by molar-refractivity contribution is 7.92. The lowest BCUT2D eigenvalue weighted by atomic mass is 9.95. The third-order valence-corrected chi connectivity index (χ3v) is 8.53. The lowest BCUT2D eigenvalue weighted by Gasteiger charge is -2.27. The summed E-state index contributed by atoms with van der Waals surface area (Å²) in [5.74, 6) is -0.985. The topological polar surface area (TPSA) is 104 Å². The number of anilines is 1. The highest BCUT2D eigenvalue weighted by atomic mass is 32.2. The highest BCUT2D eigenvalue weighted by Crippen LogP contribution is 2.40. The molecule has 1 saturated carbocycles. The van der Waals surface area contributed by atoms with Gasteiger partial charge < -0.3 is 15.3 Å². The number of carbonyl (C=O) groups is 2. The number of sulfone groups is 1. The number of fused-ring (bicyclic) bond motifs is 1. The quantitative estimate of drug-likeness (QED) is 0.660. The molecule has 2 N–H and O–H groups in total. The molecule has 2 aromatic carbocycles. The number of alkyl halides is 3. The van der Waals surface area contributed by atoms with Gasteiger partial charge in [0.15, 0.2) is 15.4 Å². The van der Waals surface area contributed by atoms with Crippen molar-refractivity contribution in [1.82, 2.24) is 4.90 Å².